The summed E-state index contributed by atoms with van der Waals surface area (Å²) in [6.45, 7) is 0.343. The first-order valence-corrected chi connectivity index (χ1v) is 6.93. The smallest absolute Gasteiger partial charge is 0.359 e. The van der Waals surface area contributed by atoms with Crippen LogP contribution in [0.25, 0.3) is 0 Å². The maximum absolute atomic E-state index is 12.0. The van der Waals surface area contributed by atoms with E-state index in [1.807, 2.05) is 6.07 Å². The number of nitrogens with two attached hydrogens (primary N) is 2. The van der Waals surface area contributed by atoms with E-state index in [1.165, 1.54) is 0 Å². The van der Waals surface area contributed by atoms with Crippen LogP contribution in [0.2, 0.25) is 0 Å². The molecule has 1 aromatic carbocycles. The van der Waals surface area contributed by atoms with Crippen LogP contribution in [0.5, 0.6) is 0 Å². The second kappa shape index (κ2) is 5.55. The molecule has 20 heavy (non-hydrogen) atoms. The summed E-state index contributed by atoms with van der Waals surface area (Å²) in [5.74, 6) is 4.99. The number of hydrogen-bond acceptors (Lipinski definition) is 6. The van der Waals surface area contributed by atoms with Gasteiger partial charge in [0.1, 0.15) is 6.04 Å². The monoisotopic (exact) mass is 292 g/mol. The third-order valence-corrected chi connectivity index (χ3v) is 4.25. The van der Waals surface area contributed by atoms with Crippen molar-refractivity contribution in [1.29, 1.82) is 5.26 Å². The van der Waals surface area contributed by atoms with E-state index in [0.717, 1.165) is 5.01 Å². The lowest BCUT2D eigenvalue weighted by molar-refractivity contribution is -0.137. The summed E-state index contributed by atoms with van der Waals surface area (Å²) in [5, 5.41) is 11.3. The van der Waals surface area contributed by atoms with E-state index in [2.05, 4.69) is 5.32 Å². The summed E-state index contributed by atoms with van der Waals surface area (Å²) >= 11 is 0. The van der Waals surface area contributed by atoms with Crippen molar-refractivity contribution in [2.75, 3.05) is 11.9 Å². The highest BCUT2D eigenvalue weighted by Gasteiger charge is 2.55. The Hall–Kier alpha value is -2.00. The summed E-state index contributed by atoms with van der Waals surface area (Å²) in [7, 11) is -1.00. The molecule has 1 fully saturated rings. The average molecular weight is 292 g/mol. The third-order valence-electron chi connectivity index (χ3n) is 3.35. The largest absolute Gasteiger partial charge is 0.376 e. The van der Waals surface area contributed by atoms with E-state index in [9.17, 15) is 9.36 Å². The molecule has 7 nitrogen and oxygen atoms in total. The molecule has 8 heteroatoms. The van der Waals surface area contributed by atoms with Crippen molar-refractivity contribution in [3.05, 3.63) is 29.8 Å². The molecule has 1 amide bonds. The van der Waals surface area contributed by atoms with Crippen LogP contribution in [0.4, 0.5) is 5.69 Å². The first-order chi connectivity index (χ1) is 9.51. The number of piperidine rings is 1. The Morgan fingerprint density at radius 1 is 1.45 bits per heavy atom. The highest BCUT2D eigenvalue weighted by Crippen LogP contribution is 2.31. The molecule has 0 aliphatic carbocycles. The van der Waals surface area contributed by atoms with Crippen LogP contribution in [-0.2, 0) is 9.36 Å². The molecule has 0 spiro atoms. The van der Waals surface area contributed by atoms with Gasteiger partial charge in [0.25, 0.3) is 0 Å². The van der Waals surface area contributed by atoms with E-state index < -0.39 is 25.7 Å². The molecule has 0 bridgehead atoms. The quantitative estimate of drug-likeness (QED) is 0.413. The molecule has 0 aromatic heterocycles. The first kappa shape index (κ1) is 14.4. The van der Waals surface area contributed by atoms with Crippen molar-refractivity contribution in [2.24, 2.45) is 11.6 Å². The summed E-state index contributed by atoms with van der Waals surface area (Å²) in [6.07, 6.45) is 0.494. The van der Waals surface area contributed by atoms with Gasteiger partial charge in [0.15, 0.2) is 0 Å². The number of hydrogen-bond donors (Lipinski definition) is 3. The minimum atomic E-state index is -1.53. The Morgan fingerprint density at radius 2 is 2.10 bits per heavy atom. The van der Waals surface area contributed by atoms with Gasteiger partial charge in [-0.15, -0.1) is 0 Å². The summed E-state index contributed by atoms with van der Waals surface area (Å²) in [5.41, 5.74) is 7.20. The molecule has 104 valence electrons. The lowest BCUT2D eigenvalue weighted by Crippen LogP contribution is -2.66. The highest BCUT2D eigenvalue weighted by molar-refractivity contribution is 7.27. The molecule has 3 atom stereocenters. The third kappa shape index (κ3) is 2.49. The number of nitrogens with one attached hydrogen (secondary N) is 1. The lowest BCUT2D eigenvalue weighted by Gasteiger charge is -2.35. The molecule has 1 aliphatic heterocycles. The predicted octanol–water partition coefficient (Wildman–Crippen LogP) is 0.124. The summed E-state index contributed by atoms with van der Waals surface area (Å²) in [4.78, 5) is 12.0. The SMILES string of the molecule is N#Cc1ccc(NC2CCN(N)C(=O)[C@@]2(N)[PH+]=O)cc1. The van der Waals surface area contributed by atoms with Gasteiger partial charge in [-0.05, 0) is 30.7 Å². The minimum Gasteiger partial charge on any atom is -0.376 e. The zero-order chi connectivity index (χ0) is 14.8. The minimum absolute atomic E-state index is 0.343. The van der Waals surface area contributed by atoms with Crippen molar-refractivity contribution >= 4 is 20.1 Å². The second-order valence-electron chi connectivity index (χ2n) is 4.64. The van der Waals surface area contributed by atoms with E-state index in [-0.39, 0.29) is 0 Å². The number of nitrogens with zero attached hydrogens (tertiary/aromatic N) is 2. The van der Waals surface area contributed by atoms with E-state index in [4.69, 9.17) is 16.8 Å². The molecule has 5 N–H and O–H groups in total. The van der Waals surface area contributed by atoms with Crippen molar-refractivity contribution in [3.63, 3.8) is 0 Å². The van der Waals surface area contributed by atoms with Crippen molar-refractivity contribution in [1.82, 2.24) is 5.01 Å². The number of carbonyl (C=O) groups excluding carboxylic acids is 1. The number of rotatable bonds is 3. The molecule has 0 radical (unpaired) electrons. The molecule has 2 rings (SSSR count). The highest BCUT2D eigenvalue weighted by atomic mass is 31.1. The van der Waals surface area contributed by atoms with Crippen molar-refractivity contribution in [2.45, 2.75) is 17.7 Å². The molecule has 1 aliphatic rings. The van der Waals surface area contributed by atoms with Crippen LogP contribution in [-0.4, -0.2) is 28.8 Å². The fraction of sp³-hybridized carbons (Fsp3) is 0.333. The molecule has 1 heterocycles. The molecule has 1 aromatic rings. The van der Waals surface area contributed by atoms with Gasteiger partial charge in [-0.2, -0.15) is 5.26 Å². The summed E-state index contributed by atoms with van der Waals surface area (Å²) < 4.78 is 11.4. The fourth-order valence-electron chi connectivity index (χ4n) is 2.13. The lowest BCUT2D eigenvalue weighted by atomic mass is 9.99. The Labute approximate surface area is 117 Å². The van der Waals surface area contributed by atoms with Crippen LogP contribution in [0.1, 0.15) is 12.0 Å². The van der Waals surface area contributed by atoms with Crippen LogP contribution >= 0.6 is 8.46 Å². The Morgan fingerprint density at radius 3 is 2.65 bits per heavy atom. The van der Waals surface area contributed by atoms with Gasteiger partial charge in [-0.25, -0.2) is 5.84 Å². The zero-order valence-corrected chi connectivity index (χ0v) is 11.7. The molecular weight excluding hydrogens is 277 g/mol. The van der Waals surface area contributed by atoms with Crippen LogP contribution in [0, 0.1) is 11.3 Å². The summed E-state index contributed by atoms with van der Waals surface area (Å²) in [6, 6.07) is 8.28. The Kier molecular flexibility index (Phi) is 4.00. The van der Waals surface area contributed by atoms with Gasteiger partial charge in [0.2, 0.25) is 0 Å². The number of carbonyl (C=O) groups is 1. The van der Waals surface area contributed by atoms with Gasteiger partial charge < -0.3 is 5.32 Å². The van der Waals surface area contributed by atoms with E-state index in [0.29, 0.717) is 24.2 Å². The number of anilines is 1. The number of benzene rings is 1. The molecular formula is C12H15N5O2P+. The van der Waals surface area contributed by atoms with Gasteiger partial charge in [0, 0.05) is 12.2 Å². The molecule has 2 unspecified atom stereocenters. The van der Waals surface area contributed by atoms with Crippen LogP contribution < -0.4 is 16.9 Å². The normalized spacial score (nSPS) is 26.4. The molecule has 0 saturated carbocycles. The molecule has 1 saturated heterocycles. The zero-order valence-electron chi connectivity index (χ0n) is 10.7. The Balaban J connectivity index is 2.20. The fourth-order valence-corrected chi connectivity index (χ4v) is 2.72. The first-order valence-electron chi connectivity index (χ1n) is 6.03. The van der Waals surface area contributed by atoms with Gasteiger partial charge in [-0.1, -0.05) is 4.57 Å². The second-order valence-corrected chi connectivity index (χ2v) is 5.68. The van der Waals surface area contributed by atoms with Crippen LogP contribution in [0.15, 0.2) is 24.3 Å². The standard InChI is InChI=1S/C12H14N5O2P/c13-7-8-1-3-9(4-2-8)16-10-5-6-17(15)11(18)12(10,14)20-19/h1-4,10,16H,5-6,14-15H2/p+1/t10?,12-/m0/s1. The van der Waals surface area contributed by atoms with Gasteiger partial charge >= 0.3 is 19.6 Å². The Bertz CT molecular complexity index is 570. The maximum Gasteiger partial charge on any atom is 0.359 e. The van der Waals surface area contributed by atoms with Gasteiger partial charge in [0.05, 0.1) is 11.6 Å². The average Bonchev–Trinajstić information content (AvgIpc) is 2.48. The van der Waals surface area contributed by atoms with Crippen molar-refractivity contribution < 1.29 is 9.36 Å². The number of amides is 1. The number of hydrazine groups is 1. The van der Waals surface area contributed by atoms with E-state index >= 15 is 0 Å². The topological polar surface area (TPSA) is 125 Å². The van der Waals surface area contributed by atoms with Crippen LogP contribution in [0.3, 0.4) is 0 Å². The van der Waals surface area contributed by atoms with Gasteiger partial charge in [-0.3, -0.25) is 15.5 Å². The van der Waals surface area contributed by atoms with Crippen molar-refractivity contribution in [3.8, 4) is 6.07 Å². The maximum atomic E-state index is 12.0. The van der Waals surface area contributed by atoms with E-state index in [1.54, 1.807) is 24.3 Å². The predicted molar refractivity (Wildman–Crippen MR) is 75.0 cm³/mol. The number of nitriles is 1.